The van der Waals surface area contributed by atoms with Gasteiger partial charge in [0.1, 0.15) is 0 Å². The number of hydrogen-bond acceptors (Lipinski definition) is 3. The van der Waals surface area contributed by atoms with Gasteiger partial charge in [-0.25, -0.2) is 0 Å². The van der Waals surface area contributed by atoms with Gasteiger partial charge in [0.2, 0.25) is 0 Å². The molecule has 0 aromatic carbocycles. The van der Waals surface area contributed by atoms with Gasteiger partial charge in [0.05, 0.1) is 0 Å². The summed E-state index contributed by atoms with van der Waals surface area (Å²) in [5.41, 5.74) is 1.07. The van der Waals surface area contributed by atoms with E-state index in [1.165, 1.54) is 0 Å². The molecule has 0 atom stereocenters. The predicted molar refractivity (Wildman–Crippen MR) is 42.5 cm³/mol. The molecule has 0 spiro atoms. The molecule has 0 saturated heterocycles. The van der Waals surface area contributed by atoms with Crippen LogP contribution in [0.4, 0.5) is 0 Å². The fourth-order valence-corrected chi connectivity index (χ4v) is 0. The Morgan fingerprint density at radius 3 is 1.62 bits per heavy atom. The van der Waals surface area contributed by atoms with Crippen LogP contribution in [0.3, 0.4) is 0 Å². The van der Waals surface area contributed by atoms with E-state index in [9.17, 15) is 0 Å². The van der Waals surface area contributed by atoms with Crippen LogP contribution in [0.2, 0.25) is 0 Å². The molecule has 2 nitrogen and oxygen atoms in total. The molecule has 8 heteroatoms. The molecular weight excluding hydrogens is 182 g/mol. The summed E-state index contributed by atoms with van der Waals surface area (Å²) in [6.45, 7) is 4.21. The number of rotatable bonds is 0. The maximum absolute atomic E-state index is 9.06. The van der Waals surface area contributed by atoms with E-state index in [-0.39, 0.29) is 24.6 Å². The van der Waals surface area contributed by atoms with Crippen LogP contribution in [0.1, 0.15) is 0 Å². The van der Waals surface area contributed by atoms with Gasteiger partial charge in [-0.3, -0.25) is 0 Å². The molecule has 0 amide bonds. The van der Waals surface area contributed by atoms with Crippen LogP contribution < -0.4 is 0 Å². The third kappa shape index (κ3) is 67.7. The summed E-state index contributed by atoms with van der Waals surface area (Å²) in [6.07, 6.45) is 0. The van der Waals surface area contributed by atoms with Gasteiger partial charge in [-0.15, -0.1) is 0 Å². The number of hydrogen-bond donors (Lipinski definition) is 0. The first-order valence-corrected chi connectivity index (χ1v) is 3.12. The second-order valence-corrected chi connectivity index (χ2v) is 1.44. The fourth-order valence-electron chi connectivity index (χ4n) is 0. The van der Waals surface area contributed by atoms with E-state index in [1.54, 1.807) is 0 Å². The van der Waals surface area contributed by atoms with Crippen molar-refractivity contribution in [2.45, 2.75) is 0 Å². The molecule has 0 aromatic heterocycles. The molecular formula is B2O2S4-3. The third-order valence-electron chi connectivity index (χ3n) is 0.0393. The van der Waals surface area contributed by atoms with Crippen molar-refractivity contribution in [3.05, 3.63) is 0 Å². The predicted octanol–water partition coefficient (Wildman–Crippen LogP) is -1.44. The Bertz CT molecular complexity index is 98.6. The smallest absolute Gasteiger partial charge is 2.00 e. The van der Waals surface area contributed by atoms with Gasteiger partial charge in [-0.1, -0.05) is 0 Å². The van der Waals surface area contributed by atoms with Gasteiger partial charge < -0.3 is 13.5 Å². The van der Waals surface area contributed by atoms with Gasteiger partial charge in [0.15, 0.2) is 0 Å². The van der Waals surface area contributed by atoms with Crippen molar-refractivity contribution in [3.8, 4) is 0 Å². The van der Waals surface area contributed by atoms with Crippen molar-refractivity contribution in [3.63, 3.8) is 0 Å². The Hall–Kier alpha value is 0.870. The second-order valence-electron chi connectivity index (χ2n) is 0.289. The zero-order valence-electron chi connectivity index (χ0n) is 3.60. The average molecular weight is 182 g/mol. The van der Waals surface area contributed by atoms with E-state index in [2.05, 4.69) is 19.2 Å². The van der Waals surface area contributed by atoms with Crippen LogP contribution in [0.5, 0.6) is 0 Å². The molecule has 0 aromatic rings. The normalized spacial score (nSPS) is 3.50. The minimum Gasteiger partial charge on any atom is -2.00 e. The molecule has 8 heavy (non-hydrogen) atoms. The Morgan fingerprint density at radius 2 is 1.62 bits per heavy atom. The molecule has 0 unspecified atom stereocenters. The monoisotopic (exact) mass is 182 g/mol. The molecule has 0 fully saturated rings. The van der Waals surface area contributed by atoms with E-state index in [0.717, 1.165) is 5.43 Å². The van der Waals surface area contributed by atoms with E-state index < -0.39 is 0 Å². The SMILES string of the molecule is O=S=B[S-].[B]=S=O.[S-2]. The molecule has 0 saturated carbocycles. The molecule has 0 heterocycles. The van der Waals surface area contributed by atoms with E-state index in [4.69, 9.17) is 8.42 Å². The molecule has 0 aliphatic rings. The van der Waals surface area contributed by atoms with Crippen molar-refractivity contribution < 1.29 is 8.42 Å². The van der Waals surface area contributed by atoms with Gasteiger partial charge in [0, 0.05) is 0 Å². The molecule has 0 aliphatic carbocycles. The van der Waals surface area contributed by atoms with Crippen LogP contribution in [-0.2, 0) is 48.2 Å². The van der Waals surface area contributed by atoms with E-state index in [1.807, 2.05) is 0 Å². The first-order valence-electron chi connectivity index (χ1n) is 1.04. The fraction of sp³-hybridized carbons (Fsp3) is 0. The molecule has 0 aliphatic heterocycles. The summed E-state index contributed by atoms with van der Waals surface area (Å²) in [6, 6.07) is 0. The summed E-state index contributed by atoms with van der Waals surface area (Å²) in [5.74, 6) is 0. The molecule has 0 N–H and O–H groups in total. The second kappa shape index (κ2) is 24.8. The summed E-state index contributed by atoms with van der Waals surface area (Å²) in [4.78, 5) is 0. The van der Waals surface area contributed by atoms with Crippen molar-refractivity contribution in [2.24, 2.45) is 0 Å². The van der Waals surface area contributed by atoms with Gasteiger partial charge in [-0.05, 0) is 0 Å². The van der Waals surface area contributed by atoms with Gasteiger partial charge in [-0.2, -0.15) is 0 Å². The van der Waals surface area contributed by atoms with Crippen LogP contribution in [0, 0.1) is 0 Å². The molecule has 1 radical (unpaired) electrons. The first kappa shape index (κ1) is 15.9. The van der Waals surface area contributed by atoms with E-state index >= 15 is 0 Å². The third-order valence-corrected chi connectivity index (χ3v) is 0.354. The summed E-state index contributed by atoms with van der Waals surface area (Å²) in [7, 11) is 0. The standard InChI is InChI=1S/BOS2.BOS.S/c2-4-1-3;1-3-2;/q-1;;-2. The molecule has 0 rings (SSSR count). The summed E-state index contributed by atoms with van der Waals surface area (Å²) >= 11 is 4.37. The molecule has 45 valence electrons. The first-order chi connectivity index (χ1) is 3.33. The van der Waals surface area contributed by atoms with Crippen LogP contribution in [0.25, 0.3) is 0 Å². The van der Waals surface area contributed by atoms with Crippen LogP contribution in [0.15, 0.2) is 0 Å². The minimum atomic E-state index is -0.000000000000000222. The Labute approximate surface area is 68.7 Å². The minimum absolute atomic E-state index is 0. The van der Waals surface area contributed by atoms with Crippen molar-refractivity contribution >= 4 is 60.3 Å². The Balaban J connectivity index is -0.0000000575. The van der Waals surface area contributed by atoms with Gasteiger partial charge >= 0.3 is 55.2 Å². The summed E-state index contributed by atoms with van der Waals surface area (Å²) in [5, 5.41) is 0. The van der Waals surface area contributed by atoms with Gasteiger partial charge in [0.25, 0.3) is 0 Å². The maximum Gasteiger partial charge on any atom is -2.00 e. The maximum atomic E-state index is 9.06. The Morgan fingerprint density at radius 1 is 1.50 bits per heavy atom. The van der Waals surface area contributed by atoms with Crippen molar-refractivity contribution in [1.82, 2.24) is 0 Å². The van der Waals surface area contributed by atoms with Crippen molar-refractivity contribution in [2.75, 3.05) is 0 Å². The summed E-state index contributed by atoms with van der Waals surface area (Å²) < 4.78 is 17.7. The Kier molecular flexibility index (Phi) is 49.4. The molecule has 0 bridgehead atoms. The zero-order valence-corrected chi connectivity index (χ0v) is 6.87. The van der Waals surface area contributed by atoms with E-state index in [0.29, 0.717) is 11.1 Å². The quantitative estimate of drug-likeness (QED) is 0.340. The van der Waals surface area contributed by atoms with Crippen LogP contribution in [-0.4, -0.2) is 20.6 Å². The largest absolute Gasteiger partial charge is 2.00 e. The van der Waals surface area contributed by atoms with Crippen molar-refractivity contribution in [1.29, 1.82) is 0 Å². The zero-order chi connectivity index (χ0) is 6.12. The van der Waals surface area contributed by atoms with Crippen LogP contribution >= 0.6 is 0 Å². The average Bonchev–Trinajstić information content (AvgIpc) is 1.69. The topological polar surface area (TPSA) is 34.1 Å².